The van der Waals surface area contributed by atoms with Gasteiger partial charge in [0.15, 0.2) is 0 Å². The number of amides is 3. The molecule has 0 unspecified atom stereocenters. The molecule has 0 saturated heterocycles. The molecule has 0 aliphatic heterocycles. The third-order valence-corrected chi connectivity index (χ3v) is 4.27. The van der Waals surface area contributed by atoms with E-state index < -0.39 is 23.8 Å². The van der Waals surface area contributed by atoms with Gasteiger partial charge in [0.05, 0.1) is 6.54 Å². The van der Waals surface area contributed by atoms with Crippen LogP contribution in [0.25, 0.3) is 0 Å². The fraction of sp³-hybridized carbons (Fsp3) is 0.789. The molecule has 0 radical (unpaired) electrons. The second kappa shape index (κ2) is 16.1. The smallest absolute Gasteiger partial charge is 0.326 e. The number of carboxylic acid groups (broad SMARTS) is 1. The van der Waals surface area contributed by atoms with Crippen molar-refractivity contribution in [1.29, 1.82) is 0 Å². The third kappa shape index (κ3) is 15.8. The largest absolute Gasteiger partial charge is 0.480 e. The maximum Gasteiger partial charge on any atom is 0.326 e. The minimum Gasteiger partial charge on any atom is -0.480 e. The zero-order chi connectivity index (χ0) is 20.5. The standard InChI is InChI=1S/C19H35N3O5/c1-2-3-4-5-6-7-8-9-10-11-17(24)21-14-18(25)22-15(19(26)27)12-13-16(20)23/h15H,2-14H2,1H3,(H2,20,23)(H,21,24)(H,22,25)(H,26,27)/t15-/m0/s1. The molecule has 0 saturated carbocycles. The molecule has 8 nitrogen and oxygen atoms in total. The molecule has 0 heterocycles. The van der Waals surface area contributed by atoms with Gasteiger partial charge in [-0.15, -0.1) is 0 Å². The topological polar surface area (TPSA) is 139 Å². The Bertz CT molecular complexity index is 468. The van der Waals surface area contributed by atoms with E-state index in [1.54, 1.807) is 0 Å². The second-order valence-electron chi connectivity index (χ2n) is 6.82. The lowest BCUT2D eigenvalue weighted by molar-refractivity contribution is -0.142. The van der Waals surface area contributed by atoms with E-state index in [4.69, 9.17) is 10.8 Å². The molecule has 3 amide bonds. The number of aliphatic carboxylic acids is 1. The SMILES string of the molecule is CCCCCCCCCCCC(=O)NCC(=O)N[C@@H](CCC(N)=O)C(=O)O. The monoisotopic (exact) mass is 385 g/mol. The number of hydrogen-bond donors (Lipinski definition) is 4. The fourth-order valence-corrected chi connectivity index (χ4v) is 2.65. The number of rotatable bonds is 17. The van der Waals surface area contributed by atoms with E-state index >= 15 is 0 Å². The Morgan fingerprint density at radius 3 is 1.93 bits per heavy atom. The Balaban J connectivity index is 3.76. The highest BCUT2D eigenvalue weighted by Gasteiger charge is 2.20. The third-order valence-electron chi connectivity index (χ3n) is 4.27. The Morgan fingerprint density at radius 2 is 1.41 bits per heavy atom. The summed E-state index contributed by atoms with van der Waals surface area (Å²) in [6.07, 6.45) is 10.6. The van der Waals surface area contributed by atoms with Gasteiger partial charge in [0.2, 0.25) is 17.7 Å². The summed E-state index contributed by atoms with van der Waals surface area (Å²) in [7, 11) is 0. The summed E-state index contributed by atoms with van der Waals surface area (Å²) in [5.74, 6) is -2.71. The number of carbonyl (C=O) groups is 4. The molecule has 0 aliphatic rings. The number of carbonyl (C=O) groups excluding carboxylic acids is 3. The zero-order valence-corrected chi connectivity index (χ0v) is 16.4. The number of hydrogen-bond acceptors (Lipinski definition) is 4. The van der Waals surface area contributed by atoms with Crippen molar-refractivity contribution in [2.45, 2.75) is 90.0 Å². The van der Waals surface area contributed by atoms with E-state index in [0.29, 0.717) is 6.42 Å². The van der Waals surface area contributed by atoms with Crippen LogP contribution in [0.2, 0.25) is 0 Å². The highest BCUT2D eigenvalue weighted by atomic mass is 16.4. The van der Waals surface area contributed by atoms with Crippen molar-refractivity contribution >= 4 is 23.7 Å². The van der Waals surface area contributed by atoms with Crippen molar-refractivity contribution in [1.82, 2.24) is 10.6 Å². The van der Waals surface area contributed by atoms with E-state index in [9.17, 15) is 19.2 Å². The predicted octanol–water partition coefficient (Wildman–Crippen LogP) is 1.86. The molecule has 0 aromatic heterocycles. The summed E-state index contributed by atoms with van der Waals surface area (Å²) in [4.78, 5) is 45.2. The Kier molecular flexibility index (Phi) is 14.8. The highest BCUT2D eigenvalue weighted by molar-refractivity contribution is 5.88. The predicted molar refractivity (Wildman–Crippen MR) is 103 cm³/mol. The second-order valence-corrected chi connectivity index (χ2v) is 6.82. The molecule has 0 fully saturated rings. The van der Waals surface area contributed by atoms with Gasteiger partial charge in [-0.2, -0.15) is 0 Å². The molecule has 0 bridgehead atoms. The molecule has 5 N–H and O–H groups in total. The first kappa shape index (κ1) is 24.9. The molecular weight excluding hydrogens is 350 g/mol. The Labute approximate surface area is 161 Å². The number of nitrogens with two attached hydrogens (primary N) is 1. The van der Waals surface area contributed by atoms with Crippen molar-refractivity contribution in [2.75, 3.05) is 6.54 Å². The van der Waals surface area contributed by atoms with Gasteiger partial charge in [-0.3, -0.25) is 14.4 Å². The van der Waals surface area contributed by atoms with Gasteiger partial charge >= 0.3 is 5.97 Å². The summed E-state index contributed by atoms with van der Waals surface area (Å²) in [6.45, 7) is 1.92. The number of nitrogens with one attached hydrogen (secondary N) is 2. The lowest BCUT2D eigenvalue weighted by atomic mass is 10.1. The van der Waals surface area contributed by atoms with Crippen LogP contribution in [-0.2, 0) is 19.2 Å². The molecule has 0 rings (SSSR count). The van der Waals surface area contributed by atoms with Gasteiger partial charge in [0.1, 0.15) is 6.04 Å². The van der Waals surface area contributed by atoms with Crippen LogP contribution in [0.1, 0.15) is 84.0 Å². The van der Waals surface area contributed by atoms with Crippen LogP contribution >= 0.6 is 0 Å². The van der Waals surface area contributed by atoms with Crippen LogP contribution < -0.4 is 16.4 Å². The van der Waals surface area contributed by atoms with E-state index in [-0.39, 0.29) is 25.3 Å². The van der Waals surface area contributed by atoms with Crippen LogP contribution in [0.4, 0.5) is 0 Å². The van der Waals surface area contributed by atoms with Gasteiger partial charge in [-0.1, -0.05) is 58.3 Å². The molecule has 0 aromatic rings. The lowest BCUT2D eigenvalue weighted by Crippen LogP contribution is -2.45. The summed E-state index contributed by atoms with van der Waals surface area (Å²) in [5.41, 5.74) is 4.97. The van der Waals surface area contributed by atoms with Crippen molar-refractivity contribution < 1.29 is 24.3 Å². The summed E-state index contributed by atoms with van der Waals surface area (Å²) < 4.78 is 0. The van der Waals surface area contributed by atoms with Gasteiger partial charge in [-0.25, -0.2) is 4.79 Å². The van der Waals surface area contributed by atoms with E-state index in [1.807, 2.05) is 0 Å². The first-order valence-electron chi connectivity index (χ1n) is 9.94. The molecular formula is C19H35N3O5. The zero-order valence-electron chi connectivity index (χ0n) is 16.4. The summed E-state index contributed by atoms with van der Waals surface area (Å²) in [5, 5.41) is 13.8. The molecule has 27 heavy (non-hydrogen) atoms. The van der Waals surface area contributed by atoms with Crippen LogP contribution in [0.3, 0.4) is 0 Å². The van der Waals surface area contributed by atoms with Crippen molar-refractivity contribution in [2.24, 2.45) is 5.73 Å². The Hall–Kier alpha value is -2.12. The first-order chi connectivity index (χ1) is 12.9. The summed E-state index contributed by atoms with van der Waals surface area (Å²) in [6, 6.07) is -1.20. The van der Waals surface area contributed by atoms with Gasteiger partial charge in [-0.05, 0) is 12.8 Å². The van der Waals surface area contributed by atoms with Crippen LogP contribution in [0.5, 0.6) is 0 Å². The average molecular weight is 386 g/mol. The van der Waals surface area contributed by atoms with Gasteiger partial charge in [0.25, 0.3) is 0 Å². The van der Waals surface area contributed by atoms with Crippen molar-refractivity contribution in [3.63, 3.8) is 0 Å². The average Bonchev–Trinajstić information content (AvgIpc) is 2.61. The maximum absolute atomic E-state index is 11.7. The molecule has 156 valence electrons. The molecule has 0 aliphatic carbocycles. The molecule has 8 heteroatoms. The molecule has 1 atom stereocenters. The minimum atomic E-state index is -1.24. The van der Waals surface area contributed by atoms with Gasteiger partial charge in [0, 0.05) is 12.8 Å². The molecule has 0 spiro atoms. The summed E-state index contributed by atoms with van der Waals surface area (Å²) >= 11 is 0. The van der Waals surface area contributed by atoms with Crippen LogP contribution in [0, 0.1) is 0 Å². The van der Waals surface area contributed by atoms with E-state index in [1.165, 1.54) is 38.5 Å². The number of carboxylic acids is 1. The lowest BCUT2D eigenvalue weighted by Gasteiger charge is -2.14. The Morgan fingerprint density at radius 1 is 0.852 bits per heavy atom. The van der Waals surface area contributed by atoms with Crippen LogP contribution in [-0.4, -0.2) is 41.4 Å². The minimum absolute atomic E-state index is 0.0806. The molecule has 0 aromatic carbocycles. The number of primary amides is 1. The maximum atomic E-state index is 11.7. The fourth-order valence-electron chi connectivity index (χ4n) is 2.65. The van der Waals surface area contributed by atoms with E-state index in [2.05, 4.69) is 17.6 Å². The highest BCUT2D eigenvalue weighted by Crippen LogP contribution is 2.10. The van der Waals surface area contributed by atoms with Crippen molar-refractivity contribution in [3.05, 3.63) is 0 Å². The van der Waals surface area contributed by atoms with Crippen LogP contribution in [0.15, 0.2) is 0 Å². The van der Waals surface area contributed by atoms with E-state index in [0.717, 1.165) is 19.3 Å². The quantitative estimate of drug-likeness (QED) is 0.283. The normalized spacial score (nSPS) is 11.6. The van der Waals surface area contributed by atoms with Gasteiger partial charge < -0.3 is 21.5 Å². The first-order valence-corrected chi connectivity index (χ1v) is 9.94. The van der Waals surface area contributed by atoms with Crippen molar-refractivity contribution in [3.8, 4) is 0 Å². The number of unbranched alkanes of at least 4 members (excludes halogenated alkanes) is 8.